The summed E-state index contributed by atoms with van der Waals surface area (Å²) in [5, 5.41) is 12.6. The number of aliphatic hydroxyl groups excluding tert-OH is 1. The van der Waals surface area contributed by atoms with Crippen LogP contribution in [0.2, 0.25) is 0 Å². The number of carbonyl (C=O) groups is 1. The first kappa shape index (κ1) is 22.8. The van der Waals surface area contributed by atoms with E-state index in [4.69, 9.17) is 23.2 Å². The molecule has 0 heterocycles. The topological polar surface area (TPSA) is 78.4 Å². The minimum absolute atomic E-state index is 0.457. The van der Waals surface area contributed by atoms with Gasteiger partial charge in [0.25, 0.3) is 5.91 Å². The number of alkyl halides is 3. The van der Waals surface area contributed by atoms with Crippen molar-refractivity contribution in [2.24, 2.45) is 0 Å². The lowest BCUT2D eigenvalue weighted by Gasteiger charge is -2.22. The molecule has 0 bridgehead atoms. The maximum atomic E-state index is 13.2. The minimum Gasteiger partial charge on any atom is -0.386 e. The number of halogens is 3. The smallest absolute Gasteiger partial charge is 0.253 e. The maximum absolute atomic E-state index is 13.2. The molecule has 0 aliphatic rings. The van der Waals surface area contributed by atoms with Crippen molar-refractivity contribution in [3.05, 3.63) is 59.7 Å². The number of hydrogen-bond acceptors (Lipinski definition) is 3. The van der Waals surface area contributed by atoms with Crippen molar-refractivity contribution < 1.29 is 18.5 Å². The van der Waals surface area contributed by atoms with Gasteiger partial charge in [0.2, 0.25) is 0 Å². The molecule has 0 saturated heterocycles. The van der Waals surface area contributed by atoms with Gasteiger partial charge in [-0.05, 0) is 22.3 Å². The third-order valence-corrected chi connectivity index (χ3v) is 5.04. The monoisotopic (exact) mass is 446 g/mol. The molecule has 0 fully saturated rings. The lowest BCUT2D eigenvalue weighted by Crippen LogP contribution is -2.43. The van der Waals surface area contributed by atoms with Crippen LogP contribution in [0.5, 0.6) is 0 Å². The van der Waals surface area contributed by atoms with E-state index in [0.29, 0.717) is 12.1 Å². The molecule has 9 heteroatoms. The molecule has 5 nitrogen and oxygen atoms in total. The van der Waals surface area contributed by atoms with Gasteiger partial charge in [0, 0.05) is 12.8 Å². The fourth-order valence-corrected chi connectivity index (χ4v) is 3.05. The zero-order valence-electron chi connectivity index (χ0n) is 15.1. The summed E-state index contributed by atoms with van der Waals surface area (Å²) in [6, 6.07) is 13.5. The second-order valence-corrected chi connectivity index (χ2v) is 8.40. The highest BCUT2D eigenvalue weighted by Crippen LogP contribution is 2.24. The second-order valence-electron chi connectivity index (χ2n) is 6.11. The van der Waals surface area contributed by atoms with E-state index in [0.717, 1.165) is 16.7 Å². The summed E-state index contributed by atoms with van der Waals surface area (Å²) in [6.45, 7) is -0.455. The highest BCUT2D eigenvalue weighted by Gasteiger charge is 2.25. The number of rotatable bonds is 9. The fraction of sp³-hybridized carbons (Fsp3) is 0.316. The molecule has 0 aliphatic carbocycles. The van der Waals surface area contributed by atoms with E-state index in [2.05, 4.69) is 10.0 Å². The number of carbonyl (C=O) groups excluding carboxylic acids is 1. The molecular formula is C19H21Cl2FN2O3S. The van der Waals surface area contributed by atoms with Crippen molar-refractivity contribution >= 4 is 40.1 Å². The van der Waals surface area contributed by atoms with E-state index in [1.165, 1.54) is 0 Å². The van der Waals surface area contributed by atoms with Crippen molar-refractivity contribution in [3.8, 4) is 11.1 Å². The lowest BCUT2D eigenvalue weighted by molar-refractivity contribution is -0.121. The largest absolute Gasteiger partial charge is 0.386 e. The molecule has 3 atom stereocenters. The minimum atomic E-state index is -1.33. The summed E-state index contributed by atoms with van der Waals surface area (Å²) in [4.78, 5) is 10.2. The standard InChI is InChI=1S/C19H21Cl2FN2O3S/c1-28(27)23-11-12-2-4-13(5-3-12)14-6-8-15(9-7-14)17(25)16(10-22)24-19(26)18(20)21/h2-9,16-18,23,25H,10-11H2,1H3,(H,24,26). The zero-order valence-corrected chi connectivity index (χ0v) is 17.4. The van der Waals surface area contributed by atoms with Gasteiger partial charge in [-0.25, -0.2) is 13.3 Å². The average molecular weight is 447 g/mol. The van der Waals surface area contributed by atoms with Crippen molar-refractivity contribution in [2.45, 2.75) is 23.5 Å². The van der Waals surface area contributed by atoms with Crippen LogP contribution < -0.4 is 10.0 Å². The van der Waals surface area contributed by atoms with Crippen LogP contribution in [-0.2, 0) is 22.3 Å². The number of hydrogen-bond donors (Lipinski definition) is 3. The van der Waals surface area contributed by atoms with Gasteiger partial charge in [-0.3, -0.25) is 4.79 Å². The Morgan fingerprint density at radius 1 is 1.11 bits per heavy atom. The molecule has 2 aromatic carbocycles. The van der Waals surface area contributed by atoms with E-state index in [-0.39, 0.29) is 0 Å². The molecule has 2 aromatic rings. The van der Waals surface area contributed by atoms with E-state index < -0.39 is 40.5 Å². The number of nitrogens with one attached hydrogen (secondary N) is 2. The molecule has 28 heavy (non-hydrogen) atoms. The van der Waals surface area contributed by atoms with Gasteiger partial charge in [-0.1, -0.05) is 71.7 Å². The normalized spacial score (nSPS) is 14.5. The van der Waals surface area contributed by atoms with Crippen molar-refractivity contribution in [3.63, 3.8) is 0 Å². The van der Waals surface area contributed by atoms with E-state index in [1.54, 1.807) is 30.5 Å². The van der Waals surface area contributed by atoms with Crippen LogP contribution in [0.25, 0.3) is 11.1 Å². The molecule has 0 radical (unpaired) electrons. The third kappa shape index (κ3) is 6.53. The summed E-state index contributed by atoms with van der Waals surface area (Å²) in [5.74, 6) is -0.761. The molecule has 0 aliphatic heterocycles. The van der Waals surface area contributed by atoms with Gasteiger partial charge in [0.15, 0.2) is 4.84 Å². The van der Waals surface area contributed by atoms with Crippen molar-refractivity contribution in [1.29, 1.82) is 0 Å². The van der Waals surface area contributed by atoms with E-state index in [9.17, 15) is 18.5 Å². The Morgan fingerprint density at radius 2 is 1.64 bits per heavy atom. The highest BCUT2D eigenvalue weighted by molar-refractivity contribution is 7.82. The Hall–Kier alpha value is -1.51. The maximum Gasteiger partial charge on any atom is 0.253 e. The SMILES string of the molecule is CS(=O)NCc1ccc(-c2ccc(C(O)C(CF)NC(=O)C(Cl)Cl)cc2)cc1. The Bertz CT molecular complexity index is 804. The van der Waals surface area contributed by atoms with Gasteiger partial charge >= 0.3 is 0 Å². The summed E-state index contributed by atoms with van der Waals surface area (Å²) in [7, 11) is -1.07. The van der Waals surface area contributed by atoms with Gasteiger partial charge in [-0.2, -0.15) is 0 Å². The van der Waals surface area contributed by atoms with Crippen LogP contribution in [0.1, 0.15) is 17.2 Å². The van der Waals surface area contributed by atoms with Crippen LogP contribution in [0.4, 0.5) is 4.39 Å². The summed E-state index contributed by atoms with van der Waals surface area (Å²) in [6.07, 6.45) is 0.339. The zero-order chi connectivity index (χ0) is 20.7. The fourth-order valence-electron chi connectivity index (χ4n) is 2.55. The van der Waals surface area contributed by atoms with Crippen LogP contribution in [0.3, 0.4) is 0 Å². The second kappa shape index (κ2) is 10.9. The number of amides is 1. The van der Waals surface area contributed by atoms with Crippen LogP contribution in [0.15, 0.2) is 48.5 Å². The molecule has 0 spiro atoms. The quantitative estimate of drug-likeness (QED) is 0.518. The van der Waals surface area contributed by atoms with Gasteiger partial charge in [0.05, 0.1) is 17.0 Å². The van der Waals surface area contributed by atoms with Gasteiger partial charge in [0.1, 0.15) is 12.8 Å². The summed E-state index contributed by atoms with van der Waals surface area (Å²) < 4.78 is 27.1. The Balaban J connectivity index is 2.07. The molecule has 3 unspecified atom stereocenters. The van der Waals surface area contributed by atoms with Gasteiger partial charge in [-0.15, -0.1) is 0 Å². The molecule has 3 N–H and O–H groups in total. The van der Waals surface area contributed by atoms with Crippen LogP contribution >= 0.6 is 23.2 Å². The molecule has 0 aromatic heterocycles. The summed E-state index contributed by atoms with van der Waals surface area (Å²) in [5.41, 5.74) is 3.34. The molecular weight excluding hydrogens is 426 g/mol. The number of benzene rings is 2. The molecule has 2 rings (SSSR count). The summed E-state index contributed by atoms with van der Waals surface area (Å²) >= 11 is 10.9. The van der Waals surface area contributed by atoms with Crippen LogP contribution in [-0.4, -0.2) is 39.0 Å². The average Bonchev–Trinajstić information content (AvgIpc) is 2.70. The Morgan fingerprint density at radius 3 is 2.11 bits per heavy atom. The Labute approximate surface area is 175 Å². The predicted octanol–water partition coefficient (Wildman–Crippen LogP) is 3.03. The molecule has 1 amide bonds. The van der Waals surface area contributed by atoms with Gasteiger partial charge < -0.3 is 10.4 Å². The predicted molar refractivity (Wildman–Crippen MR) is 111 cm³/mol. The lowest BCUT2D eigenvalue weighted by atomic mass is 9.98. The first-order chi connectivity index (χ1) is 13.3. The van der Waals surface area contributed by atoms with Crippen LogP contribution in [0, 0.1) is 0 Å². The van der Waals surface area contributed by atoms with Crippen molar-refractivity contribution in [2.75, 3.05) is 12.9 Å². The molecule has 0 saturated carbocycles. The van der Waals surface area contributed by atoms with E-state index >= 15 is 0 Å². The first-order valence-corrected chi connectivity index (χ1v) is 10.8. The van der Waals surface area contributed by atoms with E-state index in [1.807, 2.05) is 24.3 Å². The number of aliphatic hydroxyl groups is 1. The molecule has 152 valence electrons. The Kier molecular flexibility index (Phi) is 8.85. The first-order valence-electron chi connectivity index (χ1n) is 8.40. The highest BCUT2D eigenvalue weighted by atomic mass is 35.5. The van der Waals surface area contributed by atoms with Crippen molar-refractivity contribution in [1.82, 2.24) is 10.0 Å². The third-order valence-electron chi connectivity index (χ3n) is 4.09.